The predicted molar refractivity (Wildman–Crippen MR) is 102 cm³/mol. The zero-order valence-corrected chi connectivity index (χ0v) is 15.2. The Kier molecular flexibility index (Phi) is 4.12. The Morgan fingerprint density at radius 1 is 1.28 bits per heavy atom. The van der Waals surface area contributed by atoms with E-state index in [1.54, 1.807) is 0 Å². The van der Waals surface area contributed by atoms with E-state index in [2.05, 4.69) is 28.1 Å². The molecular weight excluding hydrogens is 310 g/mol. The Hall–Kier alpha value is -2.14. The molecule has 0 spiro atoms. The molecule has 2 heterocycles. The third-order valence-electron chi connectivity index (χ3n) is 5.84. The molecule has 1 aliphatic heterocycles. The number of rotatable bonds is 4. The summed E-state index contributed by atoms with van der Waals surface area (Å²) in [5, 5.41) is 0. The van der Waals surface area contributed by atoms with E-state index >= 15 is 0 Å². The van der Waals surface area contributed by atoms with Gasteiger partial charge in [-0.2, -0.15) is 4.98 Å². The molecule has 132 valence electrons. The highest BCUT2D eigenvalue weighted by Crippen LogP contribution is 2.46. The van der Waals surface area contributed by atoms with Crippen molar-refractivity contribution in [1.82, 2.24) is 9.97 Å². The molecule has 0 amide bonds. The van der Waals surface area contributed by atoms with Crippen LogP contribution in [0.15, 0.2) is 36.4 Å². The van der Waals surface area contributed by atoms with Gasteiger partial charge in [0.05, 0.1) is 0 Å². The van der Waals surface area contributed by atoms with Gasteiger partial charge >= 0.3 is 0 Å². The van der Waals surface area contributed by atoms with Crippen molar-refractivity contribution in [2.24, 2.45) is 17.1 Å². The van der Waals surface area contributed by atoms with E-state index in [1.807, 2.05) is 37.1 Å². The van der Waals surface area contributed by atoms with Crippen LogP contribution in [0, 0.1) is 18.3 Å². The monoisotopic (exact) mass is 337 g/mol. The number of aromatic nitrogens is 2. The minimum atomic E-state index is 0.285. The van der Waals surface area contributed by atoms with E-state index in [1.165, 1.54) is 19.3 Å². The van der Waals surface area contributed by atoms with Crippen LogP contribution in [0.25, 0.3) is 0 Å². The van der Waals surface area contributed by atoms with Crippen LogP contribution in [0.4, 0.5) is 17.5 Å². The quantitative estimate of drug-likeness (QED) is 0.929. The molecule has 2 fully saturated rings. The highest BCUT2D eigenvalue weighted by molar-refractivity contribution is 5.58. The molecule has 1 saturated carbocycles. The number of nitrogens with zero attached hydrogens (tertiary/aromatic N) is 4. The van der Waals surface area contributed by atoms with E-state index in [9.17, 15) is 0 Å². The first kappa shape index (κ1) is 16.3. The normalized spacial score (nSPS) is 25.2. The van der Waals surface area contributed by atoms with Gasteiger partial charge in [0.25, 0.3) is 0 Å². The second-order valence-corrected chi connectivity index (χ2v) is 7.76. The highest BCUT2D eigenvalue weighted by Gasteiger charge is 2.44. The van der Waals surface area contributed by atoms with Crippen LogP contribution in [0.3, 0.4) is 0 Å². The minimum Gasteiger partial charge on any atom is -0.356 e. The van der Waals surface area contributed by atoms with Gasteiger partial charge in [-0.05, 0) is 50.8 Å². The molecule has 1 aliphatic carbocycles. The van der Waals surface area contributed by atoms with Crippen LogP contribution in [0.5, 0.6) is 0 Å². The van der Waals surface area contributed by atoms with Gasteiger partial charge in [0.15, 0.2) is 0 Å². The topological polar surface area (TPSA) is 58.3 Å². The number of para-hydroxylation sites is 1. The van der Waals surface area contributed by atoms with Crippen molar-refractivity contribution in [1.29, 1.82) is 0 Å². The molecule has 5 heteroatoms. The van der Waals surface area contributed by atoms with Crippen LogP contribution in [-0.4, -0.2) is 36.6 Å². The number of hydrogen-bond acceptors (Lipinski definition) is 5. The number of fused-ring (bicyclic) bond motifs is 2. The van der Waals surface area contributed by atoms with Gasteiger partial charge in [-0.1, -0.05) is 18.2 Å². The second-order valence-electron chi connectivity index (χ2n) is 7.76. The van der Waals surface area contributed by atoms with Crippen molar-refractivity contribution in [3.05, 3.63) is 42.1 Å². The first-order valence-corrected chi connectivity index (χ1v) is 9.18. The van der Waals surface area contributed by atoms with E-state index in [0.29, 0.717) is 0 Å². The molecule has 2 aromatic rings. The van der Waals surface area contributed by atoms with Gasteiger partial charge in [-0.25, -0.2) is 4.98 Å². The summed E-state index contributed by atoms with van der Waals surface area (Å²) in [4.78, 5) is 14.0. The fourth-order valence-corrected chi connectivity index (χ4v) is 4.45. The summed E-state index contributed by atoms with van der Waals surface area (Å²) in [6, 6.07) is 12.4. The molecule has 2 unspecified atom stereocenters. The molecule has 2 aliphatic rings. The van der Waals surface area contributed by atoms with Gasteiger partial charge in [-0.3, -0.25) is 0 Å². The van der Waals surface area contributed by atoms with Crippen molar-refractivity contribution in [2.45, 2.75) is 26.2 Å². The summed E-state index contributed by atoms with van der Waals surface area (Å²) < 4.78 is 0. The Morgan fingerprint density at radius 3 is 2.84 bits per heavy atom. The summed E-state index contributed by atoms with van der Waals surface area (Å²) in [5.74, 6) is 2.54. The van der Waals surface area contributed by atoms with Gasteiger partial charge in [0.1, 0.15) is 5.82 Å². The third kappa shape index (κ3) is 3.09. The van der Waals surface area contributed by atoms with Crippen molar-refractivity contribution in [3.63, 3.8) is 0 Å². The van der Waals surface area contributed by atoms with Gasteiger partial charge in [0.2, 0.25) is 5.95 Å². The van der Waals surface area contributed by atoms with Crippen LogP contribution >= 0.6 is 0 Å². The number of benzene rings is 1. The third-order valence-corrected chi connectivity index (χ3v) is 5.84. The Bertz CT molecular complexity index is 747. The standard InChI is InChI=1S/C20H27N5/c1-15-10-18(25-12-16-8-9-20(11-16,13-21)14-25)23-19(22-15)24(2)17-6-4-3-5-7-17/h3-7,10,16H,8-9,11-14,21H2,1-2H3. The smallest absolute Gasteiger partial charge is 0.231 e. The van der Waals surface area contributed by atoms with Crippen LogP contribution < -0.4 is 15.5 Å². The maximum absolute atomic E-state index is 6.13. The Labute approximate surface area is 149 Å². The lowest BCUT2D eigenvalue weighted by atomic mass is 9.82. The maximum Gasteiger partial charge on any atom is 0.231 e. The maximum atomic E-state index is 6.13. The number of piperidine rings is 1. The fraction of sp³-hybridized carbons (Fsp3) is 0.500. The first-order valence-electron chi connectivity index (χ1n) is 9.18. The molecule has 5 nitrogen and oxygen atoms in total. The average molecular weight is 337 g/mol. The predicted octanol–water partition coefficient (Wildman–Crippen LogP) is 3.12. The number of nitrogens with two attached hydrogens (primary N) is 1. The molecule has 25 heavy (non-hydrogen) atoms. The van der Waals surface area contributed by atoms with E-state index in [0.717, 1.165) is 48.7 Å². The molecule has 0 radical (unpaired) electrons. The van der Waals surface area contributed by atoms with Crippen molar-refractivity contribution >= 4 is 17.5 Å². The molecule has 4 rings (SSSR count). The molecular formula is C20H27N5. The largest absolute Gasteiger partial charge is 0.356 e. The lowest BCUT2D eigenvalue weighted by Gasteiger charge is -2.40. The summed E-state index contributed by atoms with van der Waals surface area (Å²) in [5.41, 5.74) is 8.51. The van der Waals surface area contributed by atoms with Crippen molar-refractivity contribution in [3.8, 4) is 0 Å². The molecule has 1 aromatic carbocycles. The van der Waals surface area contributed by atoms with E-state index in [-0.39, 0.29) is 5.41 Å². The fourth-order valence-electron chi connectivity index (χ4n) is 4.45. The zero-order valence-electron chi connectivity index (χ0n) is 15.2. The van der Waals surface area contributed by atoms with Crippen molar-refractivity contribution < 1.29 is 0 Å². The summed E-state index contributed by atoms with van der Waals surface area (Å²) in [6.07, 6.45) is 3.83. The zero-order chi connectivity index (χ0) is 17.4. The molecule has 2 atom stereocenters. The lowest BCUT2D eigenvalue weighted by Crippen LogP contribution is -2.46. The summed E-state index contributed by atoms with van der Waals surface area (Å²) >= 11 is 0. The number of anilines is 3. The second kappa shape index (κ2) is 6.30. The first-order chi connectivity index (χ1) is 12.1. The van der Waals surface area contributed by atoms with Gasteiger partial charge < -0.3 is 15.5 Å². The molecule has 1 aromatic heterocycles. The summed E-state index contributed by atoms with van der Waals surface area (Å²) in [6.45, 7) is 4.93. The van der Waals surface area contributed by atoms with E-state index < -0.39 is 0 Å². The summed E-state index contributed by atoms with van der Waals surface area (Å²) in [7, 11) is 2.02. The molecule has 2 N–H and O–H groups in total. The Balaban J connectivity index is 1.64. The van der Waals surface area contributed by atoms with Crippen LogP contribution in [0.1, 0.15) is 25.0 Å². The van der Waals surface area contributed by atoms with Crippen LogP contribution in [-0.2, 0) is 0 Å². The molecule has 2 bridgehead atoms. The Morgan fingerprint density at radius 2 is 2.08 bits per heavy atom. The highest BCUT2D eigenvalue weighted by atomic mass is 15.3. The van der Waals surface area contributed by atoms with Crippen LogP contribution in [0.2, 0.25) is 0 Å². The van der Waals surface area contributed by atoms with Gasteiger partial charge in [-0.15, -0.1) is 0 Å². The lowest BCUT2D eigenvalue weighted by molar-refractivity contribution is 0.265. The average Bonchev–Trinajstić information content (AvgIpc) is 2.96. The number of aryl methyl sites for hydroxylation is 1. The minimum absolute atomic E-state index is 0.285. The SMILES string of the molecule is Cc1cc(N2CC3CCC(CN)(C3)C2)nc(N(C)c2ccccc2)n1. The van der Waals surface area contributed by atoms with Crippen molar-refractivity contribution in [2.75, 3.05) is 36.5 Å². The van der Waals surface area contributed by atoms with Gasteiger partial charge in [0, 0.05) is 43.0 Å². The number of hydrogen-bond donors (Lipinski definition) is 1. The molecule has 1 saturated heterocycles. The van der Waals surface area contributed by atoms with E-state index in [4.69, 9.17) is 10.7 Å².